The standard InChI is InChI=1S/C4H10O5S.Na/c5-1-2-9-3-4-10(6,7)8;/h5H,1-4H2,(H,6,7,8);/q;+1. The van der Waals surface area contributed by atoms with E-state index in [4.69, 9.17) is 9.66 Å². The summed E-state index contributed by atoms with van der Waals surface area (Å²) < 4.78 is 32.7. The number of ether oxygens (including phenoxy) is 1. The molecular formula is C4H10NaO5S+. The van der Waals surface area contributed by atoms with E-state index in [-0.39, 0.29) is 49.4 Å². The van der Waals surface area contributed by atoms with Gasteiger partial charge < -0.3 is 9.84 Å². The van der Waals surface area contributed by atoms with E-state index in [9.17, 15) is 8.42 Å². The average Bonchev–Trinajstić information content (AvgIpc) is 1.78. The van der Waals surface area contributed by atoms with Gasteiger partial charge in [-0.25, -0.2) is 0 Å². The van der Waals surface area contributed by atoms with Gasteiger partial charge in [0.2, 0.25) is 0 Å². The summed E-state index contributed by atoms with van der Waals surface area (Å²) in [5, 5.41) is 8.16. The van der Waals surface area contributed by atoms with E-state index in [0.717, 1.165) is 0 Å². The first-order valence-electron chi connectivity index (χ1n) is 2.70. The Balaban J connectivity index is 0. The molecule has 0 aliphatic heterocycles. The van der Waals surface area contributed by atoms with Crippen molar-refractivity contribution in [3.05, 3.63) is 0 Å². The van der Waals surface area contributed by atoms with Gasteiger partial charge in [-0.3, -0.25) is 4.55 Å². The van der Waals surface area contributed by atoms with Crippen LogP contribution in [0.4, 0.5) is 0 Å². The Hall–Kier alpha value is 0.830. The molecule has 0 heterocycles. The maximum Gasteiger partial charge on any atom is 1.00 e. The van der Waals surface area contributed by atoms with Crippen LogP contribution in [0, 0.1) is 0 Å². The molecule has 0 spiro atoms. The Kier molecular flexibility index (Phi) is 9.76. The maximum absolute atomic E-state index is 10.0. The fourth-order valence-electron chi connectivity index (χ4n) is 0.331. The fourth-order valence-corrected chi connectivity index (χ4v) is 0.659. The average molecular weight is 193 g/mol. The van der Waals surface area contributed by atoms with Gasteiger partial charge in [-0.15, -0.1) is 0 Å². The topological polar surface area (TPSA) is 83.8 Å². The van der Waals surface area contributed by atoms with Gasteiger partial charge in [0.05, 0.1) is 25.6 Å². The van der Waals surface area contributed by atoms with Crippen LogP contribution in [0.5, 0.6) is 0 Å². The molecule has 0 bridgehead atoms. The van der Waals surface area contributed by atoms with E-state index >= 15 is 0 Å². The molecule has 5 nitrogen and oxygen atoms in total. The van der Waals surface area contributed by atoms with Gasteiger partial charge >= 0.3 is 29.6 Å². The molecule has 0 aliphatic carbocycles. The summed E-state index contributed by atoms with van der Waals surface area (Å²) in [5.41, 5.74) is 0. The Labute approximate surface area is 87.8 Å². The first kappa shape index (κ1) is 14.4. The summed E-state index contributed by atoms with van der Waals surface area (Å²) >= 11 is 0. The quantitative estimate of drug-likeness (QED) is 0.263. The summed E-state index contributed by atoms with van der Waals surface area (Å²) in [7, 11) is -3.91. The molecule has 0 unspecified atom stereocenters. The van der Waals surface area contributed by atoms with E-state index in [1.54, 1.807) is 0 Å². The molecule has 0 rings (SSSR count). The maximum atomic E-state index is 10.0. The van der Waals surface area contributed by atoms with Gasteiger partial charge in [0, 0.05) is 0 Å². The Morgan fingerprint density at radius 3 is 2.18 bits per heavy atom. The van der Waals surface area contributed by atoms with Crippen LogP contribution in [0.3, 0.4) is 0 Å². The van der Waals surface area contributed by atoms with Gasteiger partial charge in [-0.1, -0.05) is 0 Å². The SMILES string of the molecule is O=S(=O)(O)CCOCCO.[Na+]. The van der Waals surface area contributed by atoms with Crippen molar-refractivity contribution in [3.63, 3.8) is 0 Å². The number of aliphatic hydroxyl groups is 1. The Bertz CT molecular complexity index is 165. The van der Waals surface area contributed by atoms with Gasteiger partial charge in [0.1, 0.15) is 0 Å². The molecule has 0 saturated carbocycles. The molecule has 0 aromatic carbocycles. The van der Waals surface area contributed by atoms with Crippen LogP contribution >= 0.6 is 0 Å². The van der Waals surface area contributed by atoms with E-state index in [2.05, 4.69) is 4.74 Å². The molecule has 11 heavy (non-hydrogen) atoms. The minimum absolute atomic E-state index is 0. The van der Waals surface area contributed by atoms with Crippen molar-refractivity contribution < 1.29 is 52.4 Å². The summed E-state index contributed by atoms with van der Waals surface area (Å²) in [6.45, 7) is -0.139. The predicted octanol–water partition coefficient (Wildman–Crippen LogP) is -4.11. The van der Waals surface area contributed by atoms with Crippen LogP contribution in [-0.2, 0) is 14.9 Å². The van der Waals surface area contributed by atoms with E-state index in [0.29, 0.717) is 0 Å². The van der Waals surface area contributed by atoms with E-state index in [1.165, 1.54) is 0 Å². The third kappa shape index (κ3) is 13.8. The van der Waals surface area contributed by atoms with Gasteiger partial charge in [-0.05, 0) is 0 Å². The predicted molar refractivity (Wildman–Crippen MR) is 34.3 cm³/mol. The largest absolute Gasteiger partial charge is 1.00 e. The summed E-state index contributed by atoms with van der Waals surface area (Å²) in [5.74, 6) is -0.424. The molecule has 0 fully saturated rings. The van der Waals surface area contributed by atoms with Crippen molar-refractivity contribution in [2.75, 3.05) is 25.6 Å². The second kappa shape index (κ2) is 7.48. The third-order valence-electron chi connectivity index (χ3n) is 0.721. The van der Waals surface area contributed by atoms with Crippen LogP contribution in [0.1, 0.15) is 0 Å². The number of aliphatic hydroxyl groups excluding tert-OH is 1. The number of hydrogen-bond acceptors (Lipinski definition) is 4. The van der Waals surface area contributed by atoms with Crippen LogP contribution in [0.25, 0.3) is 0 Å². The molecule has 0 aromatic heterocycles. The minimum atomic E-state index is -3.91. The van der Waals surface area contributed by atoms with E-state index in [1.807, 2.05) is 0 Å². The van der Waals surface area contributed by atoms with Crippen molar-refractivity contribution in [2.24, 2.45) is 0 Å². The first-order valence-corrected chi connectivity index (χ1v) is 4.31. The second-order valence-corrected chi connectivity index (χ2v) is 3.19. The molecule has 2 N–H and O–H groups in total. The third-order valence-corrected chi connectivity index (χ3v) is 1.40. The van der Waals surface area contributed by atoms with Crippen molar-refractivity contribution >= 4 is 10.1 Å². The molecule has 0 saturated heterocycles. The molecular weight excluding hydrogens is 183 g/mol. The van der Waals surface area contributed by atoms with Crippen LogP contribution in [0.15, 0.2) is 0 Å². The first-order chi connectivity index (χ1) is 4.56. The zero-order chi connectivity index (χ0) is 8.04. The Morgan fingerprint density at radius 2 is 1.82 bits per heavy atom. The van der Waals surface area contributed by atoms with Crippen molar-refractivity contribution in [1.82, 2.24) is 0 Å². The molecule has 0 amide bonds. The minimum Gasteiger partial charge on any atom is -0.394 e. The normalized spacial score (nSPS) is 10.7. The summed E-state index contributed by atoms with van der Waals surface area (Å²) in [6, 6.07) is 0. The monoisotopic (exact) mass is 193 g/mol. The fraction of sp³-hybridized carbons (Fsp3) is 1.00. The summed E-state index contributed by atoms with van der Waals surface area (Å²) in [6.07, 6.45) is 0. The van der Waals surface area contributed by atoms with Crippen molar-refractivity contribution in [2.45, 2.75) is 0 Å². The zero-order valence-corrected chi connectivity index (χ0v) is 9.17. The molecule has 0 radical (unpaired) electrons. The van der Waals surface area contributed by atoms with Gasteiger partial charge in [0.25, 0.3) is 10.1 Å². The Morgan fingerprint density at radius 1 is 1.27 bits per heavy atom. The zero-order valence-electron chi connectivity index (χ0n) is 6.36. The van der Waals surface area contributed by atoms with Crippen LogP contribution < -0.4 is 29.6 Å². The second-order valence-electron chi connectivity index (χ2n) is 1.62. The molecule has 0 aromatic rings. The summed E-state index contributed by atoms with van der Waals surface area (Å²) in [4.78, 5) is 0. The van der Waals surface area contributed by atoms with Crippen LogP contribution in [0.2, 0.25) is 0 Å². The molecule has 0 atom stereocenters. The smallest absolute Gasteiger partial charge is 0.394 e. The van der Waals surface area contributed by atoms with Gasteiger partial charge in [0.15, 0.2) is 0 Å². The number of rotatable bonds is 5. The van der Waals surface area contributed by atoms with Crippen LogP contribution in [-0.4, -0.2) is 43.7 Å². The van der Waals surface area contributed by atoms with Crippen molar-refractivity contribution in [3.8, 4) is 0 Å². The molecule has 7 heteroatoms. The molecule has 62 valence electrons. The molecule has 0 aliphatic rings. The van der Waals surface area contributed by atoms with Gasteiger partial charge in [-0.2, -0.15) is 8.42 Å². The number of hydrogen-bond donors (Lipinski definition) is 2. The van der Waals surface area contributed by atoms with E-state index < -0.39 is 15.9 Å². The van der Waals surface area contributed by atoms with Crippen molar-refractivity contribution in [1.29, 1.82) is 0 Å².